The highest BCUT2D eigenvalue weighted by molar-refractivity contribution is 5.78. The van der Waals surface area contributed by atoms with Crippen LogP contribution in [0.5, 0.6) is 5.75 Å². The van der Waals surface area contributed by atoms with E-state index in [1.54, 1.807) is 0 Å². The Kier molecular flexibility index (Phi) is 8.54. The van der Waals surface area contributed by atoms with Gasteiger partial charge in [-0.1, -0.05) is 19.1 Å². The lowest BCUT2D eigenvalue weighted by Crippen LogP contribution is -2.48. The Morgan fingerprint density at radius 1 is 1.33 bits per heavy atom. The molecule has 2 rings (SSSR count). The van der Waals surface area contributed by atoms with Crippen LogP contribution in [0.15, 0.2) is 24.3 Å². The molecule has 1 aromatic carbocycles. The Bertz CT molecular complexity index is 615. The number of amides is 1. The fraction of sp³-hybridized carbons (Fsp3) is 0.600. The van der Waals surface area contributed by atoms with Gasteiger partial charge in [0.1, 0.15) is 12.4 Å². The van der Waals surface area contributed by atoms with Crippen molar-refractivity contribution >= 4 is 11.9 Å². The van der Waals surface area contributed by atoms with E-state index in [4.69, 9.17) is 9.84 Å². The monoisotopic (exact) mass is 377 g/mol. The number of ether oxygens (including phenoxy) is 1. The van der Waals surface area contributed by atoms with Gasteiger partial charge in [-0.3, -0.25) is 19.4 Å². The number of aryl methyl sites for hydroxylation is 1. The van der Waals surface area contributed by atoms with Crippen LogP contribution in [0.3, 0.4) is 0 Å². The molecule has 0 radical (unpaired) electrons. The van der Waals surface area contributed by atoms with Crippen LogP contribution in [0.2, 0.25) is 0 Å². The molecule has 7 heteroatoms. The lowest BCUT2D eigenvalue weighted by molar-refractivity contribution is -0.139. The number of piperidine rings is 1. The van der Waals surface area contributed by atoms with Gasteiger partial charge >= 0.3 is 5.97 Å². The van der Waals surface area contributed by atoms with Crippen molar-refractivity contribution in [2.24, 2.45) is 0 Å². The molecule has 1 heterocycles. The number of nitrogens with zero attached hydrogens (tertiary/aromatic N) is 2. The van der Waals surface area contributed by atoms with Gasteiger partial charge in [-0.05, 0) is 44.0 Å². The van der Waals surface area contributed by atoms with Crippen LogP contribution >= 0.6 is 0 Å². The first kappa shape index (κ1) is 21.2. The summed E-state index contributed by atoms with van der Waals surface area (Å²) in [4.78, 5) is 27.2. The summed E-state index contributed by atoms with van der Waals surface area (Å²) in [5, 5.41) is 11.9. The lowest BCUT2D eigenvalue weighted by atomic mass is 10.0. The number of likely N-dealkylation sites (N-methyl/N-ethyl adjacent to an activating group) is 1. The Morgan fingerprint density at radius 2 is 2.07 bits per heavy atom. The van der Waals surface area contributed by atoms with Gasteiger partial charge in [0.15, 0.2) is 0 Å². The largest absolute Gasteiger partial charge is 0.492 e. The van der Waals surface area contributed by atoms with Crippen LogP contribution < -0.4 is 10.1 Å². The zero-order chi connectivity index (χ0) is 19.6. The summed E-state index contributed by atoms with van der Waals surface area (Å²) in [6.07, 6.45) is 1.79. The number of hydrogen-bond donors (Lipinski definition) is 2. The average Bonchev–Trinajstić information content (AvgIpc) is 2.64. The summed E-state index contributed by atoms with van der Waals surface area (Å²) < 4.78 is 5.63. The fourth-order valence-corrected chi connectivity index (χ4v) is 3.44. The zero-order valence-electron chi connectivity index (χ0n) is 16.3. The van der Waals surface area contributed by atoms with E-state index in [9.17, 15) is 9.59 Å². The minimum absolute atomic E-state index is 0.000763. The molecule has 7 nitrogen and oxygen atoms in total. The van der Waals surface area contributed by atoms with E-state index in [2.05, 4.69) is 10.2 Å². The highest BCUT2D eigenvalue weighted by Gasteiger charge is 2.25. The second-order valence-corrected chi connectivity index (χ2v) is 6.98. The predicted octanol–water partition coefficient (Wildman–Crippen LogP) is 1.36. The number of carboxylic acid groups (broad SMARTS) is 1. The first-order valence-corrected chi connectivity index (χ1v) is 9.62. The molecule has 1 aromatic rings. The molecule has 0 aromatic heterocycles. The van der Waals surface area contributed by atoms with Crippen LogP contribution in [0.25, 0.3) is 0 Å². The molecule has 0 unspecified atom stereocenters. The number of likely N-dealkylation sites (tertiary alicyclic amines) is 1. The molecule has 1 aliphatic rings. The Hall–Kier alpha value is -2.12. The van der Waals surface area contributed by atoms with Crippen molar-refractivity contribution in [3.63, 3.8) is 0 Å². The maximum absolute atomic E-state index is 12.1. The number of nitrogens with one attached hydrogen (secondary N) is 1. The summed E-state index contributed by atoms with van der Waals surface area (Å²) in [6, 6.07) is 8.12. The van der Waals surface area contributed by atoms with E-state index in [1.165, 1.54) is 0 Å². The molecule has 1 fully saturated rings. The van der Waals surface area contributed by atoms with Gasteiger partial charge in [0.2, 0.25) is 5.91 Å². The third kappa shape index (κ3) is 7.56. The van der Waals surface area contributed by atoms with E-state index in [0.29, 0.717) is 19.7 Å². The van der Waals surface area contributed by atoms with E-state index in [0.717, 1.165) is 43.8 Å². The summed E-state index contributed by atoms with van der Waals surface area (Å²) >= 11 is 0. The standard InChI is InChI=1S/C20H31N3O4/c1-3-23(15-20(25)26)17-7-10-22(11-8-17)14-19(24)21-9-12-27-18-6-4-5-16(2)13-18/h4-6,13,17H,3,7-12,14-15H2,1-2H3,(H,21,24)(H,25,26). The number of rotatable bonds is 10. The highest BCUT2D eigenvalue weighted by atomic mass is 16.5. The maximum atomic E-state index is 12.1. The molecule has 0 aliphatic carbocycles. The van der Waals surface area contributed by atoms with Crippen LogP contribution in [0.1, 0.15) is 25.3 Å². The van der Waals surface area contributed by atoms with E-state index >= 15 is 0 Å². The molecule has 150 valence electrons. The van der Waals surface area contributed by atoms with Gasteiger partial charge in [-0.2, -0.15) is 0 Å². The van der Waals surface area contributed by atoms with Crippen molar-refractivity contribution in [2.45, 2.75) is 32.7 Å². The molecule has 1 aliphatic heterocycles. The van der Waals surface area contributed by atoms with Gasteiger partial charge in [-0.25, -0.2) is 0 Å². The van der Waals surface area contributed by atoms with Crippen LogP contribution in [0.4, 0.5) is 0 Å². The third-order valence-electron chi connectivity index (χ3n) is 4.87. The maximum Gasteiger partial charge on any atom is 0.317 e. The van der Waals surface area contributed by atoms with Gasteiger partial charge < -0.3 is 15.2 Å². The third-order valence-corrected chi connectivity index (χ3v) is 4.87. The fourth-order valence-electron chi connectivity index (χ4n) is 3.44. The smallest absolute Gasteiger partial charge is 0.317 e. The molecule has 0 spiro atoms. The van der Waals surface area contributed by atoms with E-state index < -0.39 is 5.97 Å². The summed E-state index contributed by atoms with van der Waals surface area (Å²) in [5.41, 5.74) is 1.14. The quantitative estimate of drug-likeness (QED) is 0.599. The topological polar surface area (TPSA) is 82.1 Å². The predicted molar refractivity (Wildman–Crippen MR) is 104 cm³/mol. The van der Waals surface area contributed by atoms with Gasteiger partial charge in [0, 0.05) is 19.1 Å². The molecule has 2 N–H and O–H groups in total. The Morgan fingerprint density at radius 3 is 2.70 bits per heavy atom. The van der Waals surface area contributed by atoms with Crippen LogP contribution in [0, 0.1) is 6.92 Å². The lowest BCUT2D eigenvalue weighted by Gasteiger charge is -2.37. The van der Waals surface area contributed by atoms with Crippen molar-refractivity contribution < 1.29 is 19.4 Å². The zero-order valence-corrected chi connectivity index (χ0v) is 16.3. The summed E-state index contributed by atoms with van der Waals surface area (Å²) in [7, 11) is 0. The second kappa shape index (κ2) is 10.9. The van der Waals surface area contributed by atoms with E-state index in [1.807, 2.05) is 43.0 Å². The van der Waals surface area contributed by atoms with Crippen LogP contribution in [-0.4, -0.2) is 78.7 Å². The SMILES string of the molecule is CCN(CC(=O)O)C1CCN(CC(=O)NCCOc2cccc(C)c2)CC1. The van der Waals surface area contributed by atoms with Crippen molar-refractivity contribution in [1.82, 2.24) is 15.1 Å². The summed E-state index contributed by atoms with van der Waals surface area (Å²) in [5.74, 6) is 0.0267. The van der Waals surface area contributed by atoms with Crippen molar-refractivity contribution in [3.05, 3.63) is 29.8 Å². The molecule has 27 heavy (non-hydrogen) atoms. The van der Waals surface area contributed by atoms with Crippen LogP contribution in [-0.2, 0) is 9.59 Å². The van der Waals surface area contributed by atoms with Crippen molar-refractivity contribution in [3.8, 4) is 5.75 Å². The number of aliphatic carboxylic acids is 1. The number of hydrogen-bond acceptors (Lipinski definition) is 5. The average molecular weight is 377 g/mol. The van der Waals surface area contributed by atoms with Gasteiger partial charge in [0.25, 0.3) is 0 Å². The normalized spacial score (nSPS) is 15.7. The second-order valence-electron chi connectivity index (χ2n) is 6.98. The van der Waals surface area contributed by atoms with Crippen molar-refractivity contribution in [1.29, 1.82) is 0 Å². The molecule has 0 bridgehead atoms. The number of carboxylic acids is 1. The van der Waals surface area contributed by atoms with Gasteiger partial charge in [-0.15, -0.1) is 0 Å². The molecule has 0 saturated carbocycles. The molecule has 0 atom stereocenters. The number of carbonyl (C=O) groups excluding carboxylic acids is 1. The minimum Gasteiger partial charge on any atom is -0.492 e. The summed E-state index contributed by atoms with van der Waals surface area (Å²) in [6.45, 7) is 7.75. The Labute approximate surface area is 161 Å². The number of carbonyl (C=O) groups is 2. The van der Waals surface area contributed by atoms with E-state index in [-0.39, 0.29) is 18.5 Å². The molecular formula is C20H31N3O4. The Balaban J connectivity index is 1.62. The molecule has 1 amide bonds. The van der Waals surface area contributed by atoms with Crippen molar-refractivity contribution in [2.75, 3.05) is 45.9 Å². The first-order chi connectivity index (χ1) is 13.0. The number of benzene rings is 1. The molecule has 1 saturated heterocycles. The van der Waals surface area contributed by atoms with Gasteiger partial charge in [0.05, 0.1) is 19.6 Å². The highest BCUT2D eigenvalue weighted by Crippen LogP contribution is 2.16. The minimum atomic E-state index is -0.786. The molecular weight excluding hydrogens is 346 g/mol. The first-order valence-electron chi connectivity index (χ1n) is 9.62.